The van der Waals surface area contributed by atoms with Gasteiger partial charge in [-0.25, -0.2) is 4.98 Å². The Morgan fingerprint density at radius 3 is 1.96 bits per heavy atom. The van der Waals surface area contributed by atoms with Crippen LogP contribution in [0.15, 0.2) is 174 Å². The first-order chi connectivity index (χ1) is 24.3. The molecule has 0 atom stereocenters. The number of anilines is 3. The molecule has 0 aliphatic heterocycles. The zero-order valence-corrected chi connectivity index (χ0v) is 27.2. The molecule has 8 aromatic carbocycles. The average molecular weight is 645 g/mol. The summed E-state index contributed by atoms with van der Waals surface area (Å²) in [4.78, 5) is 7.33. The van der Waals surface area contributed by atoms with Crippen LogP contribution in [-0.4, -0.2) is 4.98 Å². The lowest BCUT2D eigenvalue weighted by atomic mass is 9.98. The number of hydrogen-bond donors (Lipinski definition) is 0. The highest BCUT2D eigenvalue weighted by Gasteiger charge is 2.21. The van der Waals surface area contributed by atoms with Gasteiger partial charge in [0.15, 0.2) is 5.58 Å². The molecule has 0 unspecified atom stereocenters. The standard InChI is InChI=1S/C45H28N2OS/c1-4-12-29(13-5-1)33-26-39(43-36-18-10-11-19-40(36)49-41(43)27-33)47(34-16-8-3-9-17-34)35-24-22-30-20-21-31-23-25-38-44(42(31)37(30)28-35)48-45(46-38)32-14-6-2-7-15-32/h1-28H. The molecule has 0 bridgehead atoms. The second-order valence-corrected chi connectivity index (χ2v) is 13.5. The number of benzene rings is 8. The maximum atomic E-state index is 6.58. The average Bonchev–Trinajstić information content (AvgIpc) is 3.78. The van der Waals surface area contributed by atoms with Crippen molar-refractivity contribution in [2.75, 3.05) is 4.90 Å². The van der Waals surface area contributed by atoms with Crippen LogP contribution < -0.4 is 4.90 Å². The number of hydrogen-bond acceptors (Lipinski definition) is 4. The van der Waals surface area contributed by atoms with Crippen molar-refractivity contribution in [3.05, 3.63) is 170 Å². The second kappa shape index (κ2) is 11.2. The minimum absolute atomic E-state index is 0.631. The van der Waals surface area contributed by atoms with Crippen LogP contribution in [-0.2, 0) is 0 Å². The lowest BCUT2D eigenvalue weighted by Gasteiger charge is -2.27. The molecule has 0 amide bonds. The van der Waals surface area contributed by atoms with Gasteiger partial charge in [-0.15, -0.1) is 11.3 Å². The molecule has 0 spiro atoms. The first-order valence-electron chi connectivity index (χ1n) is 16.5. The van der Waals surface area contributed by atoms with Gasteiger partial charge in [0.1, 0.15) is 5.52 Å². The van der Waals surface area contributed by atoms with E-state index in [-0.39, 0.29) is 0 Å². The fourth-order valence-corrected chi connectivity index (χ4v) is 8.33. The predicted octanol–water partition coefficient (Wildman–Crippen LogP) is 13.3. The third-order valence-electron chi connectivity index (χ3n) is 9.44. The molecule has 49 heavy (non-hydrogen) atoms. The van der Waals surface area contributed by atoms with Crippen LogP contribution >= 0.6 is 11.3 Å². The van der Waals surface area contributed by atoms with Gasteiger partial charge in [-0.1, -0.05) is 109 Å². The summed E-state index contributed by atoms with van der Waals surface area (Å²) in [6.07, 6.45) is 0. The molecule has 4 heteroatoms. The minimum atomic E-state index is 0.631. The van der Waals surface area contributed by atoms with Gasteiger partial charge in [-0.2, -0.15) is 0 Å². The number of rotatable bonds is 5. The number of para-hydroxylation sites is 1. The van der Waals surface area contributed by atoms with Crippen LogP contribution in [0.5, 0.6) is 0 Å². The molecule has 0 saturated heterocycles. The van der Waals surface area contributed by atoms with Gasteiger partial charge in [0.25, 0.3) is 0 Å². The van der Waals surface area contributed by atoms with Crippen LogP contribution in [0.4, 0.5) is 17.1 Å². The van der Waals surface area contributed by atoms with Crippen molar-refractivity contribution < 1.29 is 4.42 Å². The molecule has 2 heterocycles. The molecule has 0 radical (unpaired) electrons. The van der Waals surface area contributed by atoms with Gasteiger partial charge >= 0.3 is 0 Å². The van der Waals surface area contributed by atoms with E-state index in [4.69, 9.17) is 9.40 Å². The summed E-state index contributed by atoms with van der Waals surface area (Å²) in [6.45, 7) is 0. The van der Waals surface area contributed by atoms with Crippen LogP contribution in [0.1, 0.15) is 0 Å². The molecule has 230 valence electrons. The second-order valence-electron chi connectivity index (χ2n) is 12.4. The quantitative estimate of drug-likeness (QED) is 0.175. The summed E-state index contributed by atoms with van der Waals surface area (Å²) >= 11 is 1.85. The number of fused-ring (bicyclic) bond motifs is 8. The van der Waals surface area contributed by atoms with Gasteiger partial charge in [-0.05, 0) is 87.9 Å². The minimum Gasteiger partial charge on any atom is -0.435 e. The molecule has 0 saturated carbocycles. The Hall–Kier alpha value is -6.23. The highest BCUT2D eigenvalue weighted by atomic mass is 32.1. The van der Waals surface area contributed by atoms with E-state index in [1.165, 1.54) is 31.3 Å². The van der Waals surface area contributed by atoms with Crippen molar-refractivity contribution in [3.8, 4) is 22.6 Å². The Kier molecular flexibility index (Phi) is 6.36. The fourth-order valence-electron chi connectivity index (χ4n) is 7.16. The number of oxazole rings is 1. The summed E-state index contributed by atoms with van der Waals surface area (Å²) in [6, 6.07) is 60.4. The molecule has 0 fully saturated rings. The summed E-state index contributed by atoms with van der Waals surface area (Å²) in [5.41, 5.74) is 8.34. The molecular weight excluding hydrogens is 617 g/mol. The van der Waals surface area contributed by atoms with Crippen LogP contribution in [0, 0.1) is 0 Å². The fraction of sp³-hybridized carbons (Fsp3) is 0. The van der Waals surface area contributed by atoms with Crippen LogP contribution in [0.3, 0.4) is 0 Å². The maximum Gasteiger partial charge on any atom is 0.227 e. The van der Waals surface area contributed by atoms with Crippen LogP contribution in [0.2, 0.25) is 0 Å². The van der Waals surface area contributed by atoms with Crippen molar-refractivity contribution in [1.82, 2.24) is 4.98 Å². The summed E-state index contributed by atoms with van der Waals surface area (Å²) in [5.74, 6) is 0.631. The van der Waals surface area contributed by atoms with Gasteiger partial charge < -0.3 is 9.32 Å². The summed E-state index contributed by atoms with van der Waals surface area (Å²) < 4.78 is 9.13. The number of thiophene rings is 1. The zero-order chi connectivity index (χ0) is 32.3. The molecule has 3 nitrogen and oxygen atoms in total. The molecule has 0 aliphatic carbocycles. The maximum absolute atomic E-state index is 6.58. The lowest BCUT2D eigenvalue weighted by Crippen LogP contribution is -2.10. The monoisotopic (exact) mass is 644 g/mol. The van der Waals surface area contributed by atoms with Gasteiger partial charge in [0.05, 0.1) is 5.69 Å². The lowest BCUT2D eigenvalue weighted by molar-refractivity contribution is 0.623. The molecule has 0 N–H and O–H groups in total. The van der Waals surface area contributed by atoms with E-state index in [9.17, 15) is 0 Å². The zero-order valence-electron chi connectivity index (χ0n) is 26.4. The van der Waals surface area contributed by atoms with Crippen molar-refractivity contribution in [3.63, 3.8) is 0 Å². The first kappa shape index (κ1) is 27.8. The Labute approximate surface area is 286 Å². The van der Waals surface area contributed by atoms with E-state index in [2.05, 4.69) is 144 Å². The van der Waals surface area contributed by atoms with E-state index in [1.54, 1.807) is 0 Å². The van der Waals surface area contributed by atoms with Gasteiger partial charge in [-0.3, -0.25) is 0 Å². The van der Waals surface area contributed by atoms with E-state index in [0.717, 1.165) is 55.3 Å². The highest BCUT2D eigenvalue weighted by Crippen LogP contribution is 2.48. The third-order valence-corrected chi connectivity index (χ3v) is 10.6. The van der Waals surface area contributed by atoms with Gasteiger partial charge in [0, 0.05) is 42.5 Å². The Morgan fingerprint density at radius 2 is 1.14 bits per heavy atom. The van der Waals surface area contributed by atoms with Crippen molar-refractivity contribution in [2.24, 2.45) is 0 Å². The molecule has 10 aromatic rings. The Morgan fingerprint density at radius 1 is 0.469 bits per heavy atom. The largest absolute Gasteiger partial charge is 0.435 e. The summed E-state index contributed by atoms with van der Waals surface area (Å²) in [7, 11) is 0. The number of nitrogens with zero attached hydrogens (tertiary/aromatic N) is 2. The van der Waals surface area contributed by atoms with E-state index < -0.39 is 0 Å². The van der Waals surface area contributed by atoms with E-state index in [1.807, 2.05) is 41.7 Å². The van der Waals surface area contributed by atoms with E-state index in [0.29, 0.717) is 5.89 Å². The van der Waals surface area contributed by atoms with E-state index >= 15 is 0 Å². The summed E-state index contributed by atoms with van der Waals surface area (Å²) in [5, 5.41) is 7.00. The normalized spacial score (nSPS) is 11.7. The highest BCUT2D eigenvalue weighted by molar-refractivity contribution is 7.26. The van der Waals surface area contributed by atoms with Gasteiger partial charge in [0.2, 0.25) is 5.89 Å². The SMILES string of the molecule is c1ccc(-c2cc(N(c3ccccc3)c3ccc4ccc5ccc6nc(-c7ccccc7)oc6c5c4c3)c3c(c2)sc2ccccc23)cc1. The first-order valence-corrected chi connectivity index (χ1v) is 17.3. The molecule has 2 aromatic heterocycles. The Bertz CT molecular complexity index is 2820. The number of aromatic nitrogens is 1. The van der Waals surface area contributed by atoms with Crippen molar-refractivity contribution in [1.29, 1.82) is 0 Å². The molecular formula is C45H28N2OS. The Balaban J connectivity index is 1.27. The molecule has 0 aliphatic rings. The topological polar surface area (TPSA) is 29.3 Å². The molecule has 10 rings (SSSR count). The smallest absolute Gasteiger partial charge is 0.227 e. The van der Waals surface area contributed by atoms with Crippen molar-refractivity contribution >= 4 is 81.2 Å². The third kappa shape index (κ3) is 4.61. The predicted molar refractivity (Wildman–Crippen MR) is 207 cm³/mol. The van der Waals surface area contributed by atoms with Crippen LogP contribution in [0.25, 0.3) is 75.4 Å². The van der Waals surface area contributed by atoms with Crippen molar-refractivity contribution in [2.45, 2.75) is 0 Å².